The first-order chi connectivity index (χ1) is 9.38. The number of hydrogen-bond acceptors (Lipinski definition) is 3. The number of aliphatic carboxylic acids is 1. The second-order valence-electron chi connectivity index (χ2n) is 4.62. The lowest BCUT2D eigenvalue weighted by Gasteiger charge is -2.08. The number of rotatable bonds is 5. The fraction of sp³-hybridized carbons (Fsp3) is 0.250. The van der Waals surface area contributed by atoms with Crippen LogP contribution >= 0.6 is 0 Å². The second-order valence-corrected chi connectivity index (χ2v) is 4.62. The molecule has 0 saturated heterocycles. The van der Waals surface area contributed by atoms with Gasteiger partial charge in [-0.1, -0.05) is 17.7 Å². The van der Waals surface area contributed by atoms with Crippen molar-refractivity contribution in [2.45, 2.75) is 27.2 Å². The number of carboxylic acid groups (broad SMARTS) is 1. The van der Waals surface area contributed by atoms with Crippen LogP contribution in [-0.2, 0) is 16.0 Å². The van der Waals surface area contributed by atoms with E-state index in [2.05, 4.69) is 0 Å². The summed E-state index contributed by atoms with van der Waals surface area (Å²) in [6, 6.07) is 5.21. The molecule has 20 heavy (non-hydrogen) atoms. The predicted molar refractivity (Wildman–Crippen MR) is 77.6 cm³/mol. The molecule has 1 aromatic carbocycles. The first-order valence-corrected chi connectivity index (χ1v) is 6.24. The average molecular weight is 274 g/mol. The highest BCUT2D eigenvalue weighted by molar-refractivity contribution is 5.85. The maximum absolute atomic E-state index is 11.1. The summed E-state index contributed by atoms with van der Waals surface area (Å²) in [5.74, 6) is -0.875. The third-order valence-corrected chi connectivity index (χ3v) is 2.49. The van der Waals surface area contributed by atoms with Gasteiger partial charge in [0.15, 0.2) is 0 Å². The van der Waals surface area contributed by atoms with Gasteiger partial charge in [-0.2, -0.15) is 0 Å². The molecule has 0 heterocycles. The molecule has 0 unspecified atom stereocenters. The highest BCUT2D eigenvalue weighted by Crippen LogP contribution is 2.22. The van der Waals surface area contributed by atoms with E-state index in [1.807, 2.05) is 26.0 Å². The van der Waals surface area contributed by atoms with Crippen LogP contribution in [0, 0.1) is 0 Å². The number of hydrogen-bond donors (Lipinski definition) is 1. The van der Waals surface area contributed by atoms with Crippen LogP contribution in [0.1, 0.15) is 31.9 Å². The van der Waals surface area contributed by atoms with Crippen LogP contribution < -0.4 is 4.74 Å². The minimum atomic E-state index is -1.00. The molecule has 0 amide bonds. The zero-order chi connectivity index (χ0) is 15.1. The van der Waals surface area contributed by atoms with Gasteiger partial charge < -0.3 is 9.84 Å². The normalized spacial score (nSPS) is 10.3. The van der Waals surface area contributed by atoms with E-state index in [0.29, 0.717) is 12.2 Å². The molecule has 0 aliphatic rings. The van der Waals surface area contributed by atoms with Crippen LogP contribution in [0.5, 0.6) is 5.75 Å². The van der Waals surface area contributed by atoms with Crippen molar-refractivity contribution in [3.8, 4) is 5.75 Å². The summed E-state index contributed by atoms with van der Waals surface area (Å²) in [6.45, 7) is 5.32. The molecule has 1 aromatic rings. The summed E-state index contributed by atoms with van der Waals surface area (Å²) < 4.78 is 5.15. The number of carboxylic acids is 1. The van der Waals surface area contributed by atoms with Crippen LogP contribution in [0.3, 0.4) is 0 Å². The Morgan fingerprint density at radius 3 is 2.50 bits per heavy atom. The number of ether oxygens (including phenoxy) is 1. The van der Waals surface area contributed by atoms with E-state index in [0.717, 1.165) is 22.8 Å². The quantitative estimate of drug-likeness (QED) is 0.387. The van der Waals surface area contributed by atoms with Gasteiger partial charge in [-0.05, 0) is 49.6 Å². The minimum Gasteiger partial charge on any atom is -0.478 e. The zero-order valence-electron chi connectivity index (χ0n) is 11.8. The molecule has 4 nitrogen and oxygen atoms in total. The summed E-state index contributed by atoms with van der Waals surface area (Å²) in [5.41, 5.74) is 2.75. The van der Waals surface area contributed by atoms with Gasteiger partial charge in [-0.25, -0.2) is 4.79 Å². The van der Waals surface area contributed by atoms with E-state index in [-0.39, 0.29) is 5.97 Å². The first kappa shape index (κ1) is 15.7. The molecule has 0 fully saturated rings. The van der Waals surface area contributed by atoms with Gasteiger partial charge in [0.25, 0.3) is 0 Å². The molecule has 0 radical (unpaired) electrons. The van der Waals surface area contributed by atoms with E-state index in [1.165, 1.54) is 13.0 Å². The molecular formula is C16H18O4. The number of esters is 1. The zero-order valence-corrected chi connectivity index (χ0v) is 11.8. The molecule has 0 atom stereocenters. The van der Waals surface area contributed by atoms with Crippen molar-refractivity contribution >= 4 is 18.0 Å². The summed E-state index contributed by atoms with van der Waals surface area (Å²) in [7, 11) is 0. The number of carbonyl (C=O) groups is 2. The summed E-state index contributed by atoms with van der Waals surface area (Å²) in [6.07, 6.45) is 5.23. The largest absolute Gasteiger partial charge is 0.478 e. The molecule has 1 rings (SSSR count). The van der Waals surface area contributed by atoms with Gasteiger partial charge in [-0.3, -0.25) is 4.79 Å². The Morgan fingerprint density at radius 1 is 1.25 bits per heavy atom. The molecular weight excluding hydrogens is 256 g/mol. The lowest BCUT2D eigenvalue weighted by Crippen LogP contribution is -2.04. The predicted octanol–water partition coefficient (Wildman–Crippen LogP) is 3.22. The van der Waals surface area contributed by atoms with Gasteiger partial charge in [0.2, 0.25) is 0 Å². The second kappa shape index (κ2) is 7.28. The molecule has 1 N–H and O–H groups in total. The maximum atomic E-state index is 11.1. The van der Waals surface area contributed by atoms with Crippen molar-refractivity contribution in [1.29, 1.82) is 0 Å². The monoisotopic (exact) mass is 274 g/mol. The van der Waals surface area contributed by atoms with Crippen LogP contribution in [0.25, 0.3) is 6.08 Å². The fourth-order valence-corrected chi connectivity index (χ4v) is 1.60. The number of carbonyl (C=O) groups excluding carboxylic acids is 1. The van der Waals surface area contributed by atoms with Gasteiger partial charge in [0.05, 0.1) is 0 Å². The van der Waals surface area contributed by atoms with Crippen molar-refractivity contribution in [1.82, 2.24) is 0 Å². The molecule has 0 aliphatic carbocycles. The Hall–Kier alpha value is -2.36. The summed E-state index contributed by atoms with van der Waals surface area (Å²) in [5, 5.41) is 8.63. The van der Waals surface area contributed by atoms with Gasteiger partial charge in [-0.15, -0.1) is 0 Å². The average Bonchev–Trinajstić information content (AvgIpc) is 2.35. The fourth-order valence-electron chi connectivity index (χ4n) is 1.60. The van der Waals surface area contributed by atoms with Crippen molar-refractivity contribution in [2.75, 3.05) is 0 Å². The SMILES string of the molecule is CC(=O)Oc1ccc(/C=C/C(=O)O)cc1CC=C(C)C. The molecule has 0 bridgehead atoms. The van der Waals surface area contributed by atoms with Gasteiger partial charge >= 0.3 is 11.9 Å². The molecule has 0 aliphatic heterocycles. The minimum absolute atomic E-state index is 0.378. The molecule has 4 heteroatoms. The molecule has 0 saturated carbocycles. The Balaban J connectivity index is 3.10. The first-order valence-electron chi connectivity index (χ1n) is 6.24. The Kier molecular flexibility index (Phi) is 5.72. The highest BCUT2D eigenvalue weighted by atomic mass is 16.5. The van der Waals surface area contributed by atoms with Gasteiger partial charge in [0, 0.05) is 13.0 Å². The van der Waals surface area contributed by atoms with E-state index in [4.69, 9.17) is 9.84 Å². The Bertz CT molecular complexity index is 564. The van der Waals surface area contributed by atoms with Crippen molar-refractivity contribution in [2.24, 2.45) is 0 Å². The van der Waals surface area contributed by atoms with Crippen LogP contribution in [-0.4, -0.2) is 17.0 Å². The third kappa shape index (κ3) is 5.52. The van der Waals surface area contributed by atoms with Crippen molar-refractivity contribution in [3.63, 3.8) is 0 Å². The highest BCUT2D eigenvalue weighted by Gasteiger charge is 2.06. The summed E-state index contributed by atoms with van der Waals surface area (Å²) in [4.78, 5) is 21.6. The Morgan fingerprint density at radius 2 is 1.95 bits per heavy atom. The third-order valence-electron chi connectivity index (χ3n) is 2.49. The summed E-state index contributed by atoms with van der Waals surface area (Å²) >= 11 is 0. The van der Waals surface area contributed by atoms with Crippen molar-refractivity contribution in [3.05, 3.63) is 47.1 Å². The van der Waals surface area contributed by atoms with E-state index < -0.39 is 5.97 Å². The number of allylic oxidation sites excluding steroid dienone is 2. The molecule has 106 valence electrons. The lowest BCUT2D eigenvalue weighted by molar-refractivity contribution is -0.132. The van der Waals surface area contributed by atoms with Gasteiger partial charge in [0.1, 0.15) is 5.75 Å². The maximum Gasteiger partial charge on any atom is 0.328 e. The topological polar surface area (TPSA) is 63.6 Å². The molecule has 0 aromatic heterocycles. The molecule has 0 spiro atoms. The van der Waals surface area contributed by atoms with Crippen LogP contribution in [0.4, 0.5) is 0 Å². The smallest absolute Gasteiger partial charge is 0.328 e. The standard InChI is InChI=1S/C16H18O4/c1-11(2)4-7-14-10-13(6-9-16(18)19)5-8-15(14)20-12(3)17/h4-6,8-10H,7H2,1-3H3,(H,18,19)/b9-6+. The number of benzene rings is 1. The lowest BCUT2D eigenvalue weighted by atomic mass is 10.0. The van der Waals surface area contributed by atoms with Crippen LogP contribution in [0.2, 0.25) is 0 Å². The van der Waals surface area contributed by atoms with E-state index >= 15 is 0 Å². The van der Waals surface area contributed by atoms with Crippen LogP contribution in [0.15, 0.2) is 35.9 Å². The Labute approximate surface area is 118 Å². The van der Waals surface area contributed by atoms with Crippen molar-refractivity contribution < 1.29 is 19.4 Å². The van der Waals surface area contributed by atoms with E-state index in [9.17, 15) is 9.59 Å². The van der Waals surface area contributed by atoms with E-state index in [1.54, 1.807) is 12.1 Å².